The first-order valence-electron chi connectivity index (χ1n) is 4.36. The number of hydrogen-bond donors (Lipinski definition) is 2. The zero-order valence-corrected chi connectivity index (χ0v) is 8.58. The molecule has 2 N–H and O–H groups in total. The van der Waals surface area contributed by atoms with E-state index in [-0.39, 0.29) is 11.3 Å². The van der Waals surface area contributed by atoms with Crippen molar-refractivity contribution in [3.63, 3.8) is 0 Å². The van der Waals surface area contributed by atoms with Gasteiger partial charge in [0.15, 0.2) is 5.75 Å². The summed E-state index contributed by atoms with van der Waals surface area (Å²) in [7, 11) is 0. The van der Waals surface area contributed by atoms with Gasteiger partial charge in [-0.05, 0) is 18.6 Å². The van der Waals surface area contributed by atoms with E-state index in [1.807, 2.05) is 0 Å². The summed E-state index contributed by atoms with van der Waals surface area (Å²) in [5.74, 6) is -3.10. The van der Waals surface area contributed by atoms with Gasteiger partial charge >= 0.3 is 12.3 Å². The lowest BCUT2D eigenvalue weighted by atomic mass is 10.1. The lowest BCUT2D eigenvalue weighted by Gasteiger charge is -2.11. The number of carbonyl (C=O) groups is 1. The number of rotatable bonds is 3. The van der Waals surface area contributed by atoms with Gasteiger partial charge in [-0.2, -0.15) is 0 Å². The molecular weight excluding hydrogens is 243 g/mol. The Morgan fingerprint density at radius 2 is 2.12 bits per heavy atom. The largest absolute Gasteiger partial charge is 0.574 e. The Bertz CT molecular complexity index is 445. The topological polar surface area (TPSA) is 79.7 Å². The molecular formula is C9H8F3NO4. The molecule has 0 aliphatic heterocycles. The number of hydrogen-bond acceptors (Lipinski definition) is 4. The second-order valence-electron chi connectivity index (χ2n) is 3.19. The summed E-state index contributed by atoms with van der Waals surface area (Å²) < 4.78 is 39.2. The molecule has 0 aliphatic carbocycles. The smallest absolute Gasteiger partial charge is 0.503 e. The SMILES string of the molecule is Cc1cc(O)c(OC(F)(F)F)nc1CC(=O)O. The second-order valence-corrected chi connectivity index (χ2v) is 3.19. The molecule has 0 amide bonds. The number of carboxylic acid groups (broad SMARTS) is 1. The van der Waals surface area contributed by atoms with Crippen molar-refractivity contribution in [3.05, 3.63) is 17.3 Å². The summed E-state index contributed by atoms with van der Waals surface area (Å²) >= 11 is 0. The lowest BCUT2D eigenvalue weighted by Crippen LogP contribution is -2.19. The molecule has 94 valence electrons. The zero-order valence-electron chi connectivity index (χ0n) is 8.58. The van der Waals surface area contributed by atoms with Crippen LogP contribution >= 0.6 is 0 Å². The first-order chi connectivity index (χ1) is 7.69. The Hall–Kier alpha value is -1.99. The normalized spacial score (nSPS) is 11.3. The first kappa shape index (κ1) is 13.1. The number of aromatic nitrogens is 1. The van der Waals surface area contributed by atoms with E-state index in [9.17, 15) is 23.1 Å². The van der Waals surface area contributed by atoms with E-state index in [2.05, 4.69) is 9.72 Å². The summed E-state index contributed by atoms with van der Waals surface area (Å²) in [5.41, 5.74) is 0.161. The lowest BCUT2D eigenvalue weighted by molar-refractivity contribution is -0.276. The van der Waals surface area contributed by atoms with Gasteiger partial charge in [0.1, 0.15) is 0 Å². The highest BCUT2D eigenvalue weighted by Gasteiger charge is 2.33. The Kier molecular flexibility index (Phi) is 3.45. The van der Waals surface area contributed by atoms with Crippen LogP contribution in [0.25, 0.3) is 0 Å². The van der Waals surface area contributed by atoms with Crippen LogP contribution in [0.15, 0.2) is 6.07 Å². The number of aromatic hydroxyl groups is 1. The molecule has 0 saturated heterocycles. The van der Waals surface area contributed by atoms with E-state index in [0.717, 1.165) is 6.07 Å². The molecule has 0 radical (unpaired) electrons. The fraction of sp³-hybridized carbons (Fsp3) is 0.333. The van der Waals surface area contributed by atoms with Crippen LogP contribution < -0.4 is 4.74 Å². The van der Waals surface area contributed by atoms with Gasteiger partial charge in [-0.15, -0.1) is 13.2 Å². The van der Waals surface area contributed by atoms with Crippen molar-refractivity contribution in [2.75, 3.05) is 0 Å². The van der Waals surface area contributed by atoms with Gasteiger partial charge in [-0.1, -0.05) is 0 Å². The van der Waals surface area contributed by atoms with Gasteiger partial charge in [-0.25, -0.2) is 4.98 Å². The predicted molar refractivity (Wildman–Crippen MR) is 48.7 cm³/mol. The average Bonchev–Trinajstić information content (AvgIpc) is 2.10. The fourth-order valence-corrected chi connectivity index (χ4v) is 1.13. The minimum absolute atomic E-state index is 0.102. The number of aryl methyl sites for hydroxylation is 1. The summed E-state index contributed by atoms with van der Waals surface area (Å²) in [5, 5.41) is 17.7. The molecule has 1 rings (SSSR count). The van der Waals surface area contributed by atoms with E-state index >= 15 is 0 Å². The van der Waals surface area contributed by atoms with Crippen LogP contribution in [0.3, 0.4) is 0 Å². The van der Waals surface area contributed by atoms with Gasteiger partial charge in [0.25, 0.3) is 5.88 Å². The minimum atomic E-state index is -5.00. The Morgan fingerprint density at radius 1 is 1.53 bits per heavy atom. The standard InChI is InChI=1S/C9H8F3NO4/c1-4-2-6(14)8(17-9(10,11)12)13-5(4)3-7(15)16/h2,14H,3H2,1H3,(H,15,16). The van der Waals surface area contributed by atoms with Gasteiger partial charge in [0.05, 0.1) is 12.1 Å². The van der Waals surface area contributed by atoms with Gasteiger partial charge in [0.2, 0.25) is 0 Å². The second kappa shape index (κ2) is 4.48. The molecule has 1 heterocycles. The maximum Gasteiger partial charge on any atom is 0.574 e. The number of carboxylic acids is 1. The Morgan fingerprint density at radius 3 is 2.59 bits per heavy atom. The van der Waals surface area contributed by atoms with Crippen molar-refractivity contribution < 1.29 is 32.9 Å². The van der Waals surface area contributed by atoms with Crippen LogP contribution in [-0.2, 0) is 11.2 Å². The fourth-order valence-electron chi connectivity index (χ4n) is 1.13. The molecule has 0 aromatic carbocycles. The number of alkyl halides is 3. The quantitative estimate of drug-likeness (QED) is 0.853. The van der Waals surface area contributed by atoms with Crippen LogP contribution in [0.1, 0.15) is 11.3 Å². The van der Waals surface area contributed by atoms with Gasteiger partial charge < -0.3 is 14.9 Å². The minimum Gasteiger partial charge on any atom is -0.503 e. The van der Waals surface area contributed by atoms with E-state index in [4.69, 9.17) is 5.11 Å². The molecule has 0 unspecified atom stereocenters. The number of nitrogens with zero attached hydrogens (tertiary/aromatic N) is 1. The van der Waals surface area contributed by atoms with Crippen molar-refractivity contribution in [2.24, 2.45) is 0 Å². The third-order valence-corrected chi connectivity index (χ3v) is 1.80. The molecule has 0 spiro atoms. The van der Waals surface area contributed by atoms with Gasteiger partial charge in [0, 0.05) is 0 Å². The third-order valence-electron chi connectivity index (χ3n) is 1.80. The predicted octanol–water partition coefficient (Wildman–Crippen LogP) is 1.62. The van der Waals surface area contributed by atoms with E-state index in [1.165, 1.54) is 6.92 Å². The van der Waals surface area contributed by atoms with Crippen molar-refractivity contribution >= 4 is 5.97 Å². The highest BCUT2D eigenvalue weighted by atomic mass is 19.4. The molecule has 1 aromatic heterocycles. The first-order valence-corrected chi connectivity index (χ1v) is 4.36. The van der Waals surface area contributed by atoms with Crippen molar-refractivity contribution in [3.8, 4) is 11.6 Å². The number of halogens is 3. The highest BCUT2D eigenvalue weighted by Crippen LogP contribution is 2.30. The van der Waals surface area contributed by atoms with Gasteiger partial charge in [-0.3, -0.25) is 4.79 Å². The maximum absolute atomic E-state index is 11.9. The highest BCUT2D eigenvalue weighted by molar-refractivity contribution is 5.70. The number of aliphatic carboxylic acids is 1. The molecule has 0 aliphatic rings. The summed E-state index contributed by atoms with van der Waals surface area (Å²) in [4.78, 5) is 13.8. The zero-order chi connectivity index (χ0) is 13.2. The summed E-state index contributed by atoms with van der Waals surface area (Å²) in [6, 6.07) is 0.965. The van der Waals surface area contributed by atoms with Crippen molar-refractivity contribution in [1.82, 2.24) is 4.98 Å². The van der Waals surface area contributed by atoms with E-state index < -0.39 is 30.4 Å². The maximum atomic E-state index is 11.9. The van der Waals surface area contributed by atoms with Crippen LogP contribution in [0, 0.1) is 6.92 Å². The summed E-state index contributed by atoms with van der Waals surface area (Å²) in [6.45, 7) is 1.42. The molecule has 1 aromatic rings. The molecule has 0 fully saturated rings. The molecule has 0 bridgehead atoms. The third kappa shape index (κ3) is 3.82. The van der Waals surface area contributed by atoms with E-state index in [0.29, 0.717) is 0 Å². The Balaban J connectivity index is 3.10. The van der Waals surface area contributed by atoms with Crippen LogP contribution in [0.2, 0.25) is 0 Å². The summed E-state index contributed by atoms with van der Waals surface area (Å²) in [6.07, 6.45) is -5.55. The molecule has 5 nitrogen and oxygen atoms in total. The molecule has 17 heavy (non-hydrogen) atoms. The van der Waals surface area contributed by atoms with Crippen molar-refractivity contribution in [1.29, 1.82) is 0 Å². The van der Waals surface area contributed by atoms with Crippen molar-refractivity contribution in [2.45, 2.75) is 19.7 Å². The molecule has 0 atom stereocenters. The van der Waals surface area contributed by atoms with Crippen LogP contribution in [0.5, 0.6) is 11.6 Å². The number of ether oxygens (including phenoxy) is 1. The van der Waals surface area contributed by atoms with Crippen LogP contribution in [-0.4, -0.2) is 27.5 Å². The molecule has 8 heteroatoms. The van der Waals surface area contributed by atoms with Crippen LogP contribution in [0.4, 0.5) is 13.2 Å². The monoisotopic (exact) mass is 251 g/mol. The molecule has 0 saturated carbocycles. The van der Waals surface area contributed by atoms with E-state index in [1.54, 1.807) is 0 Å². The average molecular weight is 251 g/mol. The number of pyridine rings is 1. The Labute approximate surface area is 93.5 Å².